The predicted octanol–water partition coefficient (Wildman–Crippen LogP) is 7.18. The minimum atomic E-state index is -4.18. The van der Waals surface area contributed by atoms with E-state index in [1.165, 1.54) is 0 Å². The summed E-state index contributed by atoms with van der Waals surface area (Å²) in [6.07, 6.45) is -1.80. The van der Waals surface area contributed by atoms with Gasteiger partial charge in [0, 0.05) is 12.8 Å². The standard InChI is InChI=1S/C22H39O11P.C20H35O11P/c1-9-28-17(23)12-11-16(18(24)29-10-2)13-34(27,32-14-30-19(25)21(3,4)5)33-15-31-20(26)22(6,7)8;1-8-27-16(23)14(9-10-15(21)22)11-32(26,30-12-28-17(24)19(2,3)4)31-13-29-18(25)20(5,6)7/h16H,9-15H2,1-8H3;14H,8-13H2,1-7H3,(H,21,22). The smallest absolute Gasteiger partial charge is 0.337 e. The van der Waals surface area contributed by atoms with Gasteiger partial charge in [-0.1, -0.05) is 0 Å². The van der Waals surface area contributed by atoms with Crippen molar-refractivity contribution in [2.24, 2.45) is 33.5 Å². The van der Waals surface area contributed by atoms with Gasteiger partial charge in [-0.15, -0.1) is 0 Å². The highest BCUT2D eigenvalue weighted by Crippen LogP contribution is 2.52. The zero-order chi connectivity index (χ0) is 51.7. The van der Waals surface area contributed by atoms with Gasteiger partial charge in [-0.3, -0.25) is 65.6 Å². The van der Waals surface area contributed by atoms with Crippen molar-refractivity contribution in [3.63, 3.8) is 0 Å². The number of carboxylic acid groups (broad SMARTS) is 1. The van der Waals surface area contributed by atoms with E-state index in [1.807, 2.05) is 0 Å². The Morgan fingerprint density at radius 2 is 0.682 bits per heavy atom. The molecule has 0 bridgehead atoms. The van der Waals surface area contributed by atoms with Crippen LogP contribution in [0.15, 0.2) is 0 Å². The average molecular weight is 993 g/mol. The van der Waals surface area contributed by atoms with Crippen molar-refractivity contribution in [1.29, 1.82) is 0 Å². The molecule has 0 radical (unpaired) electrons. The third kappa shape index (κ3) is 29.0. The minimum Gasteiger partial charge on any atom is -0.481 e. The second-order valence-corrected chi connectivity index (χ2v) is 22.7. The summed E-state index contributed by atoms with van der Waals surface area (Å²) >= 11 is 0. The fourth-order valence-corrected chi connectivity index (χ4v) is 7.41. The maximum atomic E-state index is 13.4. The van der Waals surface area contributed by atoms with E-state index >= 15 is 0 Å². The number of carbonyl (C=O) groups excluding carboxylic acids is 7. The molecule has 24 heteroatoms. The van der Waals surface area contributed by atoms with Crippen LogP contribution in [-0.4, -0.2) is 112 Å². The summed E-state index contributed by atoms with van der Waals surface area (Å²) in [4.78, 5) is 95.2. The molecule has 66 heavy (non-hydrogen) atoms. The van der Waals surface area contributed by atoms with Crippen molar-refractivity contribution < 1.29 is 104 Å². The second kappa shape index (κ2) is 29.7. The lowest BCUT2D eigenvalue weighted by molar-refractivity contribution is -0.164. The first-order chi connectivity index (χ1) is 30.1. The van der Waals surface area contributed by atoms with Crippen molar-refractivity contribution in [3.8, 4) is 0 Å². The maximum Gasteiger partial charge on any atom is 0.337 e. The SMILES string of the molecule is CCOC(=O)C(CCC(=O)O)CP(=O)(OCOC(=O)C(C)(C)C)OCOC(=O)C(C)(C)C.CCOC(=O)CCC(CP(=O)(OCOC(=O)C(C)(C)C)OCOC(=O)C(C)(C)C)C(=O)OCC. The van der Waals surface area contributed by atoms with Crippen LogP contribution in [0.5, 0.6) is 0 Å². The molecule has 0 saturated heterocycles. The summed E-state index contributed by atoms with van der Waals surface area (Å²) in [6.45, 7) is 21.6. The third-order valence-corrected chi connectivity index (χ3v) is 11.8. The molecule has 0 spiro atoms. The molecule has 0 rings (SSSR count). The van der Waals surface area contributed by atoms with Gasteiger partial charge >= 0.3 is 62.9 Å². The monoisotopic (exact) mass is 992 g/mol. The molecule has 0 aromatic carbocycles. The fourth-order valence-electron chi connectivity index (χ4n) is 4.24. The maximum absolute atomic E-state index is 13.4. The van der Waals surface area contributed by atoms with E-state index in [0.717, 1.165) is 0 Å². The number of esters is 7. The zero-order valence-corrected chi connectivity index (χ0v) is 43.1. The Morgan fingerprint density at radius 1 is 0.424 bits per heavy atom. The number of carbonyl (C=O) groups is 8. The number of rotatable bonds is 27. The van der Waals surface area contributed by atoms with Crippen LogP contribution in [0.25, 0.3) is 0 Å². The summed E-state index contributed by atoms with van der Waals surface area (Å²) < 4.78 is 82.2. The lowest BCUT2D eigenvalue weighted by atomic mass is 9.98. The molecular formula is C42H74O22P2. The molecule has 0 heterocycles. The van der Waals surface area contributed by atoms with Gasteiger partial charge in [0.1, 0.15) is 0 Å². The van der Waals surface area contributed by atoms with E-state index in [1.54, 1.807) is 104 Å². The lowest BCUT2D eigenvalue weighted by Gasteiger charge is -2.24. The van der Waals surface area contributed by atoms with Crippen LogP contribution in [0.3, 0.4) is 0 Å². The van der Waals surface area contributed by atoms with Gasteiger partial charge in [-0.2, -0.15) is 0 Å². The van der Waals surface area contributed by atoms with Gasteiger partial charge < -0.3 is 38.3 Å². The van der Waals surface area contributed by atoms with Crippen molar-refractivity contribution in [3.05, 3.63) is 0 Å². The van der Waals surface area contributed by atoms with Gasteiger partial charge in [-0.25, -0.2) is 0 Å². The Balaban J connectivity index is 0. The van der Waals surface area contributed by atoms with Crippen LogP contribution in [0.1, 0.15) is 130 Å². The molecular weight excluding hydrogens is 918 g/mol. The Hall–Kier alpha value is -3.94. The highest BCUT2D eigenvalue weighted by molar-refractivity contribution is 7.54. The van der Waals surface area contributed by atoms with Gasteiger partial charge in [0.25, 0.3) is 0 Å². The topological polar surface area (TPSA) is 292 Å². The summed E-state index contributed by atoms with van der Waals surface area (Å²) in [6, 6.07) is 0. The largest absolute Gasteiger partial charge is 0.481 e. The fraction of sp³-hybridized carbons (Fsp3) is 0.810. The number of hydrogen-bond acceptors (Lipinski definition) is 21. The van der Waals surface area contributed by atoms with E-state index in [9.17, 15) is 47.5 Å². The number of aliphatic carboxylic acids is 1. The van der Waals surface area contributed by atoms with Gasteiger partial charge in [0.05, 0.1) is 65.6 Å². The molecule has 0 aliphatic heterocycles. The second-order valence-electron chi connectivity index (χ2n) is 18.5. The molecule has 0 saturated carbocycles. The van der Waals surface area contributed by atoms with Crippen LogP contribution in [-0.2, 0) is 98.7 Å². The minimum absolute atomic E-state index is 0.0286. The molecule has 0 aliphatic rings. The van der Waals surface area contributed by atoms with E-state index in [0.29, 0.717) is 0 Å². The average Bonchev–Trinajstić information content (AvgIpc) is 3.17. The van der Waals surface area contributed by atoms with Crippen molar-refractivity contribution in [1.82, 2.24) is 0 Å². The number of carboxylic acids is 1. The summed E-state index contributed by atoms with van der Waals surface area (Å²) in [7, 11) is -8.33. The van der Waals surface area contributed by atoms with Crippen LogP contribution < -0.4 is 0 Å². The van der Waals surface area contributed by atoms with Crippen LogP contribution in [0.2, 0.25) is 0 Å². The van der Waals surface area contributed by atoms with E-state index in [4.69, 9.17) is 56.4 Å². The van der Waals surface area contributed by atoms with E-state index in [-0.39, 0.29) is 45.5 Å². The van der Waals surface area contributed by atoms with E-state index in [2.05, 4.69) is 0 Å². The molecule has 0 aromatic heterocycles. The van der Waals surface area contributed by atoms with Crippen molar-refractivity contribution >= 4 is 62.9 Å². The lowest BCUT2D eigenvalue weighted by Crippen LogP contribution is -2.27. The normalized spacial score (nSPS) is 13.1. The van der Waals surface area contributed by atoms with Gasteiger partial charge in [-0.05, 0) is 117 Å². The van der Waals surface area contributed by atoms with Gasteiger partial charge in [0.2, 0.25) is 27.2 Å². The van der Waals surface area contributed by atoms with Crippen molar-refractivity contribution in [2.75, 3.05) is 59.3 Å². The number of ether oxygens (including phenoxy) is 7. The van der Waals surface area contributed by atoms with Crippen LogP contribution in [0.4, 0.5) is 0 Å². The molecule has 1 N–H and O–H groups in total. The third-order valence-electron chi connectivity index (χ3n) is 8.04. The van der Waals surface area contributed by atoms with Crippen molar-refractivity contribution in [2.45, 2.75) is 130 Å². The molecule has 0 aromatic rings. The summed E-state index contributed by atoms with van der Waals surface area (Å²) in [5.41, 5.74) is -3.34. The van der Waals surface area contributed by atoms with Gasteiger partial charge in [0.15, 0.2) is 0 Å². The molecule has 2 unspecified atom stereocenters. The summed E-state index contributed by atoms with van der Waals surface area (Å²) in [5, 5.41) is 8.93. The highest BCUT2D eigenvalue weighted by Gasteiger charge is 2.38. The first-order valence-corrected chi connectivity index (χ1v) is 24.7. The molecule has 0 amide bonds. The Bertz CT molecular complexity index is 1610. The molecule has 0 fully saturated rings. The first-order valence-electron chi connectivity index (χ1n) is 21.2. The molecule has 2 atom stereocenters. The molecule has 384 valence electrons. The Morgan fingerprint density at radius 3 is 0.909 bits per heavy atom. The Kier molecular flexibility index (Phi) is 28.9. The Labute approximate surface area is 388 Å². The summed E-state index contributed by atoms with van der Waals surface area (Å²) in [5.74, 6) is -7.84. The van der Waals surface area contributed by atoms with Crippen LogP contribution >= 0.6 is 15.2 Å². The molecule has 22 nitrogen and oxygen atoms in total. The quantitative estimate of drug-likeness (QED) is 0.0369. The van der Waals surface area contributed by atoms with E-state index < -0.39 is 136 Å². The zero-order valence-electron chi connectivity index (χ0n) is 41.3. The predicted molar refractivity (Wildman–Crippen MR) is 234 cm³/mol. The molecule has 0 aliphatic carbocycles. The highest BCUT2D eigenvalue weighted by atomic mass is 31.2. The first kappa shape index (κ1) is 64.1. The number of hydrogen-bond donors (Lipinski definition) is 1. The van der Waals surface area contributed by atoms with Crippen LogP contribution in [0, 0.1) is 33.5 Å².